The molecular weight excluding hydrogens is 434 g/mol. The number of nitrogens with zero attached hydrogens (tertiary/aromatic N) is 4. The van der Waals surface area contributed by atoms with Crippen LogP contribution in [-0.4, -0.2) is 38.1 Å². The Morgan fingerprint density at radius 1 is 1.15 bits per heavy atom. The van der Waals surface area contributed by atoms with Crippen molar-refractivity contribution in [3.8, 4) is 5.75 Å². The summed E-state index contributed by atoms with van der Waals surface area (Å²) in [6, 6.07) is 14.2. The van der Waals surface area contributed by atoms with Gasteiger partial charge in [-0.1, -0.05) is 35.9 Å². The van der Waals surface area contributed by atoms with Crippen molar-refractivity contribution in [2.45, 2.75) is 27.3 Å². The smallest absolute Gasteiger partial charge is 0.283 e. The summed E-state index contributed by atoms with van der Waals surface area (Å²) in [5, 5.41) is 16.4. The van der Waals surface area contributed by atoms with Gasteiger partial charge in [0, 0.05) is 22.7 Å². The molecule has 33 heavy (non-hydrogen) atoms. The lowest BCUT2D eigenvalue weighted by atomic mass is 10.1. The Morgan fingerprint density at radius 2 is 1.97 bits per heavy atom. The van der Waals surface area contributed by atoms with E-state index in [-0.39, 0.29) is 11.4 Å². The van der Waals surface area contributed by atoms with Crippen LogP contribution in [0, 0.1) is 19.3 Å². The van der Waals surface area contributed by atoms with Gasteiger partial charge in [0.1, 0.15) is 12.4 Å². The van der Waals surface area contributed by atoms with E-state index < -0.39 is 5.91 Å². The van der Waals surface area contributed by atoms with Gasteiger partial charge in [-0.25, -0.2) is 0 Å². The number of nitrogens with one attached hydrogen (secondary N) is 1. The molecule has 7 nitrogen and oxygen atoms in total. The molecule has 8 heteroatoms. The van der Waals surface area contributed by atoms with Crippen molar-refractivity contribution in [1.82, 2.24) is 9.58 Å². The zero-order valence-electron chi connectivity index (χ0n) is 18.6. The normalized spacial score (nSPS) is 16.9. The number of carbonyl (C=O) groups excluding carboxylic acids is 1. The number of aliphatic imine (C=N–C) groups is 1. The van der Waals surface area contributed by atoms with E-state index in [9.17, 15) is 4.79 Å². The average Bonchev–Trinajstić information content (AvgIpc) is 3.33. The summed E-state index contributed by atoms with van der Waals surface area (Å²) in [4.78, 5) is 16.8. The van der Waals surface area contributed by atoms with Gasteiger partial charge in [-0.15, -0.1) is 0 Å². The summed E-state index contributed by atoms with van der Waals surface area (Å²) in [7, 11) is 0. The van der Waals surface area contributed by atoms with Gasteiger partial charge in [-0.2, -0.15) is 15.1 Å². The molecule has 166 valence electrons. The molecule has 0 unspecified atom stereocenters. The van der Waals surface area contributed by atoms with E-state index in [0.717, 1.165) is 32.8 Å². The molecule has 0 fully saturated rings. The number of amidine groups is 2. The highest BCUT2D eigenvalue weighted by molar-refractivity contribution is 8.26. The Labute approximate surface area is 196 Å². The summed E-state index contributed by atoms with van der Waals surface area (Å²) in [6.07, 6.45) is 3.73. The van der Waals surface area contributed by atoms with Gasteiger partial charge in [0.2, 0.25) is 5.17 Å². The molecule has 0 aliphatic carbocycles. The summed E-state index contributed by atoms with van der Waals surface area (Å²) in [5.41, 5.74) is 4.45. The van der Waals surface area contributed by atoms with Gasteiger partial charge >= 0.3 is 0 Å². The second-order valence-corrected chi connectivity index (χ2v) is 9.21. The van der Waals surface area contributed by atoms with Crippen LogP contribution in [0.2, 0.25) is 0 Å². The number of aromatic nitrogens is 1. The van der Waals surface area contributed by atoms with Gasteiger partial charge in [0.05, 0.1) is 17.2 Å². The predicted octanol–water partition coefficient (Wildman–Crippen LogP) is 4.98. The van der Waals surface area contributed by atoms with Crippen LogP contribution >= 0.6 is 11.8 Å². The van der Waals surface area contributed by atoms with Gasteiger partial charge in [-0.05, 0) is 56.3 Å². The number of para-hydroxylation sites is 1. The Hall–Kier alpha value is -3.65. The van der Waals surface area contributed by atoms with Crippen LogP contribution in [0.3, 0.4) is 0 Å². The molecule has 0 atom stereocenters. The maximum atomic E-state index is 12.7. The topological polar surface area (TPSA) is 83.0 Å². The van der Waals surface area contributed by atoms with Crippen molar-refractivity contribution in [2.75, 3.05) is 6.61 Å². The number of aryl methyl sites for hydroxylation is 2. The molecule has 1 N–H and O–H groups in total. The first-order valence-corrected chi connectivity index (χ1v) is 11.5. The number of ether oxygens (including phenoxy) is 1. The molecule has 1 amide bonds. The van der Waals surface area contributed by atoms with Crippen molar-refractivity contribution in [3.63, 3.8) is 0 Å². The van der Waals surface area contributed by atoms with Crippen molar-refractivity contribution in [1.29, 1.82) is 5.41 Å². The fourth-order valence-electron chi connectivity index (χ4n) is 4.03. The Kier molecular flexibility index (Phi) is 5.38. The minimum atomic E-state index is -0.418. The summed E-state index contributed by atoms with van der Waals surface area (Å²) < 4.78 is 8.15. The van der Waals surface area contributed by atoms with Crippen LogP contribution < -0.4 is 4.74 Å². The number of carbonyl (C=O) groups is 1. The van der Waals surface area contributed by atoms with E-state index in [1.54, 1.807) is 6.08 Å². The van der Waals surface area contributed by atoms with Crippen LogP contribution in [0.15, 0.2) is 64.3 Å². The number of fused-ring (bicyclic) bond motifs is 2. The van der Waals surface area contributed by atoms with E-state index in [1.807, 2.05) is 56.4 Å². The van der Waals surface area contributed by atoms with Crippen LogP contribution in [0.25, 0.3) is 17.0 Å². The average molecular weight is 458 g/mol. The molecule has 2 aromatic carbocycles. The summed E-state index contributed by atoms with van der Waals surface area (Å²) in [5.74, 6) is 0.511. The lowest BCUT2D eigenvalue weighted by Crippen LogP contribution is -2.35. The number of amides is 1. The van der Waals surface area contributed by atoms with Crippen LogP contribution in [0.1, 0.15) is 23.6 Å². The fraction of sp³-hybridized carbons (Fsp3) is 0.200. The van der Waals surface area contributed by atoms with E-state index >= 15 is 0 Å². The molecule has 2 aliphatic rings. The highest BCUT2D eigenvalue weighted by atomic mass is 32.2. The second-order valence-electron chi connectivity index (χ2n) is 8.05. The number of benzene rings is 2. The highest BCUT2D eigenvalue weighted by Crippen LogP contribution is 2.30. The fourth-order valence-corrected chi connectivity index (χ4v) is 4.77. The number of hydrogen-bond acceptors (Lipinski definition) is 5. The Morgan fingerprint density at radius 3 is 2.79 bits per heavy atom. The number of hydrogen-bond donors (Lipinski definition) is 1. The standard InChI is InChI=1S/C25H23N5O2S/c1-15-8-9-22(16(2)12-15)32-11-10-29-14-18(19-6-4-5-7-21(19)29)13-20-23(26)30-25(27-24(20)31)33-17(3)28-30/h4-9,12-14,26H,10-11H2,1-3H3/b20-13+,26-23?. The third-order valence-electron chi connectivity index (χ3n) is 5.59. The summed E-state index contributed by atoms with van der Waals surface area (Å²) >= 11 is 1.30. The van der Waals surface area contributed by atoms with Gasteiger partial charge in [0.15, 0.2) is 5.84 Å². The van der Waals surface area contributed by atoms with Gasteiger partial charge in [0.25, 0.3) is 5.91 Å². The molecule has 5 rings (SSSR count). The van der Waals surface area contributed by atoms with Crippen molar-refractivity contribution >= 4 is 50.7 Å². The van der Waals surface area contributed by atoms with Gasteiger partial charge < -0.3 is 9.30 Å². The van der Waals surface area contributed by atoms with Crippen LogP contribution in [0.4, 0.5) is 0 Å². The maximum absolute atomic E-state index is 12.7. The molecule has 3 aromatic rings. The monoisotopic (exact) mass is 457 g/mol. The summed E-state index contributed by atoms with van der Waals surface area (Å²) in [6.45, 7) is 7.11. The van der Waals surface area contributed by atoms with Crippen molar-refractivity contribution in [2.24, 2.45) is 10.1 Å². The molecule has 2 aliphatic heterocycles. The third-order valence-corrected chi connectivity index (χ3v) is 6.42. The number of rotatable bonds is 5. The second kappa shape index (κ2) is 8.37. The zero-order valence-corrected chi connectivity index (χ0v) is 19.4. The SMILES string of the molecule is CC1=NN2C(=N)/C(=C\c3cn(CCOc4ccc(C)cc4C)c4ccccc34)C(=O)N=C2S1. The van der Waals surface area contributed by atoms with E-state index in [4.69, 9.17) is 10.1 Å². The van der Waals surface area contributed by atoms with E-state index in [0.29, 0.717) is 18.3 Å². The first-order chi connectivity index (χ1) is 15.9. The third kappa shape index (κ3) is 3.98. The Balaban J connectivity index is 1.43. The minimum Gasteiger partial charge on any atom is -0.491 e. The first kappa shape index (κ1) is 21.2. The molecule has 3 heterocycles. The van der Waals surface area contributed by atoms with E-state index in [1.165, 1.54) is 22.3 Å². The minimum absolute atomic E-state index is 0.0457. The Bertz CT molecular complexity index is 1400. The number of hydrazone groups is 1. The molecule has 0 saturated carbocycles. The highest BCUT2D eigenvalue weighted by Gasteiger charge is 2.34. The van der Waals surface area contributed by atoms with E-state index in [2.05, 4.69) is 27.7 Å². The largest absolute Gasteiger partial charge is 0.491 e. The molecule has 0 bridgehead atoms. The van der Waals surface area contributed by atoms with Crippen LogP contribution in [-0.2, 0) is 11.3 Å². The lowest BCUT2D eigenvalue weighted by Gasteiger charge is -2.20. The predicted molar refractivity (Wildman–Crippen MR) is 134 cm³/mol. The molecule has 0 spiro atoms. The molecular formula is C25H23N5O2S. The quantitative estimate of drug-likeness (QED) is 0.548. The zero-order chi connectivity index (χ0) is 23.1. The lowest BCUT2D eigenvalue weighted by molar-refractivity contribution is -0.114. The van der Waals surface area contributed by atoms with Crippen molar-refractivity contribution in [3.05, 3.63) is 70.9 Å². The number of thioether (sulfide) groups is 1. The molecule has 0 saturated heterocycles. The molecule has 1 aromatic heterocycles. The maximum Gasteiger partial charge on any atom is 0.283 e. The first-order valence-electron chi connectivity index (χ1n) is 10.7. The van der Waals surface area contributed by atoms with Crippen LogP contribution in [0.5, 0.6) is 5.75 Å². The molecule has 0 radical (unpaired) electrons. The van der Waals surface area contributed by atoms with Crippen molar-refractivity contribution < 1.29 is 9.53 Å². The van der Waals surface area contributed by atoms with Gasteiger partial charge in [-0.3, -0.25) is 10.2 Å².